The number of aryl methyl sites for hydroxylation is 1. The molecule has 1 rings (SSSR count). The molecule has 0 fully saturated rings. The second-order valence-corrected chi connectivity index (χ2v) is 5.86. The van der Waals surface area contributed by atoms with Crippen molar-refractivity contribution < 1.29 is 5.11 Å². The molecule has 1 aromatic rings. The fraction of sp³-hybridized carbons (Fsp3) is 0.579. The average Bonchev–Trinajstić information content (AvgIpc) is 2.47. The van der Waals surface area contributed by atoms with Crippen LogP contribution in [0.1, 0.15) is 58.6 Å². The van der Waals surface area contributed by atoms with Gasteiger partial charge < -0.3 is 10.0 Å². The molecule has 0 saturated heterocycles. The SMILES string of the molecule is C/C=C(/CCN(CCC)C(C)C)c1c(O)cccc1CC. The molecule has 0 heterocycles. The standard InChI is InChI=1S/C19H31NO/c1-6-13-20(15(4)5)14-12-17(8-3)19-16(7-2)10-9-11-18(19)21/h8-11,15,21H,6-7,12-14H2,1-5H3/b17-8-. The van der Waals surface area contributed by atoms with Gasteiger partial charge in [-0.15, -0.1) is 0 Å². The van der Waals surface area contributed by atoms with E-state index >= 15 is 0 Å². The predicted molar refractivity (Wildman–Crippen MR) is 92.8 cm³/mol. The van der Waals surface area contributed by atoms with Crippen LogP contribution in [-0.4, -0.2) is 29.1 Å². The van der Waals surface area contributed by atoms with Crippen LogP contribution in [-0.2, 0) is 6.42 Å². The molecule has 1 N–H and O–H groups in total. The molecule has 118 valence electrons. The van der Waals surface area contributed by atoms with Crippen LogP contribution in [0.25, 0.3) is 5.57 Å². The van der Waals surface area contributed by atoms with Crippen molar-refractivity contribution in [2.45, 2.75) is 59.9 Å². The highest BCUT2D eigenvalue weighted by molar-refractivity contribution is 5.73. The molecule has 0 atom stereocenters. The first-order valence-electron chi connectivity index (χ1n) is 8.25. The largest absolute Gasteiger partial charge is 0.507 e. The van der Waals surface area contributed by atoms with Crippen molar-refractivity contribution in [3.63, 3.8) is 0 Å². The fourth-order valence-electron chi connectivity index (χ4n) is 2.85. The summed E-state index contributed by atoms with van der Waals surface area (Å²) in [6.07, 6.45) is 5.27. The van der Waals surface area contributed by atoms with Crippen molar-refractivity contribution in [1.82, 2.24) is 4.90 Å². The quantitative estimate of drug-likeness (QED) is 0.738. The molecule has 21 heavy (non-hydrogen) atoms. The van der Waals surface area contributed by atoms with Gasteiger partial charge in [-0.3, -0.25) is 0 Å². The third-order valence-electron chi connectivity index (χ3n) is 4.09. The fourth-order valence-corrected chi connectivity index (χ4v) is 2.85. The Labute approximate surface area is 130 Å². The number of hydrogen-bond acceptors (Lipinski definition) is 2. The highest BCUT2D eigenvalue weighted by Crippen LogP contribution is 2.31. The zero-order valence-corrected chi connectivity index (χ0v) is 14.3. The number of benzene rings is 1. The maximum absolute atomic E-state index is 10.2. The first kappa shape index (κ1) is 17.8. The van der Waals surface area contributed by atoms with Gasteiger partial charge in [0, 0.05) is 18.2 Å². The second-order valence-electron chi connectivity index (χ2n) is 5.86. The first-order chi connectivity index (χ1) is 10.0. The Kier molecular flexibility index (Phi) is 7.52. The van der Waals surface area contributed by atoms with Gasteiger partial charge >= 0.3 is 0 Å². The van der Waals surface area contributed by atoms with E-state index in [2.05, 4.69) is 51.7 Å². The van der Waals surface area contributed by atoms with Gasteiger partial charge in [-0.2, -0.15) is 0 Å². The summed E-state index contributed by atoms with van der Waals surface area (Å²) in [6, 6.07) is 6.41. The highest BCUT2D eigenvalue weighted by Gasteiger charge is 2.14. The number of phenolic OH excluding ortho intramolecular Hbond substituents is 1. The Morgan fingerprint density at radius 1 is 1.24 bits per heavy atom. The van der Waals surface area contributed by atoms with Crippen LogP contribution in [0.2, 0.25) is 0 Å². The Balaban J connectivity index is 2.90. The van der Waals surface area contributed by atoms with Crippen molar-refractivity contribution in [1.29, 1.82) is 0 Å². The molecule has 0 saturated carbocycles. The number of allylic oxidation sites excluding steroid dienone is 1. The molecular formula is C19H31NO. The van der Waals surface area contributed by atoms with Gasteiger partial charge in [0.15, 0.2) is 0 Å². The molecule has 0 aliphatic carbocycles. The molecule has 0 spiro atoms. The normalized spacial score (nSPS) is 12.4. The summed E-state index contributed by atoms with van der Waals surface area (Å²) in [6.45, 7) is 13.1. The van der Waals surface area contributed by atoms with Gasteiger partial charge in [-0.25, -0.2) is 0 Å². The smallest absolute Gasteiger partial charge is 0.123 e. The van der Waals surface area contributed by atoms with Crippen molar-refractivity contribution in [2.24, 2.45) is 0 Å². The third-order valence-corrected chi connectivity index (χ3v) is 4.09. The van der Waals surface area contributed by atoms with E-state index in [1.807, 2.05) is 6.07 Å². The van der Waals surface area contributed by atoms with E-state index in [4.69, 9.17) is 0 Å². The second kappa shape index (κ2) is 8.89. The Morgan fingerprint density at radius 2 is 1.95 bits per heavy atom. The van der Waals surface area contributed by atoms with E-state index in [1.54, 1.807) is 6.07 Å². The summed E-state index contributed by atoms with van der Waals surface area (Å²) in [5, 5.41) is 10.2. The molecule has 0 aliphatic rings. The van der Waals surface area contributed by atoms with Crippen LogP contribution < -0.4 is 0 Å². The van der Waals surface area contributed by atoms with Crippen LogP contribution in [0.3, 0.4) is 0 Å². The summed E-state index contributed by atoms with van der Waals surface area (Å²) in [5.41, 5.74) is 3.53. The molecule has 0 bridgehead atoms. The molecule has 0 radical (unpaired) electrons. The van der Waals surface area contributed by atoms with Crippen LogP contribution in [0.5, 0.6) is 5.75 Å². The third kappa shape index (κ3) is 4.89. The zero-order chi connectivity index (χ0) is 15.8. The van der Waals surface area contributed by atoms with Crippen molar-refractivity contribution in [2.75, 3.05) is 13.1 Å². The first-order valence-corrected chi connectivity index (χ1v) is 8.25. The van der Waals surface area contributed by atoms with E-state index in [0.717, 1.165) is 31.5 Å². The summed E-state index contributed by atoms with van der Waals surface area (Å²) < 4.78 is 0. The molecule has 0 amide bonds. The molecule has 2 heteroatoms. The number of phenols is 1. The van der Waals surface area contributed by atoms with Crippen LogP contribution in [0.15, 0.2) is 24.3 Å². The molecule has 1 aromatic carbocycles. The van der Waals surface area contributed by atoms with Crippen molar-refractivity contribution in [3.05, 3.63) is 35.4 Å². The Hall–Kier alpha value is -1.28. The Morgan fingerprint density at radius 3 is 2.48 bits per heavy atom. The van der Waals surface area contributed by atoms with Gasteiger partial charge in [0.1, 0.15) is 5.75 Å². The highest BCUT2D eigenvalue weighted by atomic mass is 16.3. The lowest BCUT2D eigenvalue weighted by molar-refractivity contribution is 0.227. The van der Waals surface area contributed by atoms with Crippen molar-refractivity contribution in [3.8, 4) is 5.75 Å². The number of hydrogen-bond donors (Lipinski definition) is 1. The summed E-state index contributed by atoms with van der Waals surface area (Å²) in [5.74, 6) is 0.411. The van der Waals surface area contributed by atoms with Crippen LogP contribution in [0.4, 0.5) is 0 Å². The topological polar surface area (TPSA) is 23.5 Å². The number of rotatable bonds is 8. The van der Waals surface area contributed by atoms with Gasteiger partial charge in [0.2, 0.25) is 0 Å². The minimum atomic E-state index is 0.411. The van der Waals surface area contributed by atoms with Gasteiger partial charge in [0.25, 0.3) is 0 Å². The molecular weight excluding hydrogens is 258 g/mol. The predicted octanol–water partition coefficient (Wildman–Crippen LogP) is 4.87. The van der Waals surface area contributed by atoms with E-state index in [1.165, 1.54) is 17.6 Å². The summed E-state index contributed by atoms with van der Waals surface area (Å²) in [7, 11) is 0. The minimum absolute atomic E-state index is 0.411. The van der Waals surface area contributed by atoms with Crippen LogP contribution in [0, 0.1) is 0 Å². The van der Waals surface area contributed by atoms with E-state index in [9.17, 15) is 5.11 Å². The lowest BCUT2D eigenvalue weighted by atomic mass is 9.94. The van der Waals surface area contributed by atoms with Crippen molar-refractivity contribution >= 4 is 5.57 Å². The monoisotopic (exact) mass is 289 g/mol. The van der Waals surface area contributed by atoms with E-state index < -0.39 is 0 Å². The molecule has 0 unspecified atom stereocenters. The molecule has 2 nitrogen and oxygen atoms in total. The van der Waals surface area contributed by atoms with Gasteiger partial charge in [0.05, 0.1) is 0 Å². The number of nitrogens with zero attached hydrogens (tertiary/aromatic N) is 1. The zero-order valence-electron chi connectivity index (χ0n) is 14.3. The van der Waals surface area contributed by atoms with E-state index in [-0.39, 0.29) is 0 Å². The maximum atomic E-state index is 10.2. The summed E-state index contributed by atoms with van der Waals surface area (Å²) >= 11 is 0. The number of aromatic hydroxyl groups is 1. The maximum Gasteiger partial charge on any atom is 0.123 e. The summed E-state index contributed by atoms with van der Waals surface area (Å²) in [4.78, 5) is 2.51. The Bertz CT molecular complexity index is 463. The lowest BCUT2D eigenvalue weighted by Crippen LogP contribution is -2.32. The molecule has 0 aliphatic heterocycles. The molecule has 0 aromatic heterocycles. The minimum Gasteiger partial charge on any atom is -0.507 e. The average molecular weight is 289 g/mol. The van der Waals surface area contributed by atoms with Gasteiger partial charge in [-0.05, 0) is 63.8 Å². The van der Waals surface area contributed by atoms with E-state index in [0.29, 0.717) is 11.8 Å². The van der Waals surface area contributed by atoms with Crippen LogP contribution >= 0.6 is 0 Å². The lowest BCUT2D eigenvalue weighted by Gasteiger charge is -2.26. The van der Waals surface area contributed by atoms with Gasteiger partial charge in [-0.1, -0.05) is 32.1 Å².